The number of aryl methyl sites for hydroxylation is 1. The molecule has 140 valence electrons. The Labute approximate surface area is 159 Å². The molecule has 27 heavy (non-hydrogen) atoms. The molecule has 1 heterocycles. The smallest absolute Gasteiger partial charge is 0.312 e. The van der Waals surface area contributed by atoms with Crippen LogP contribution in [-0.2, 0) is 14.4 Å². The van der Waals surface area contributed by atoms with Crippen molar-refractivity contribution in [2.24, 2.45) is 0 Å². The third-order valence-corrected chi connectivity index (χ3v) is 6.05. The van der Waals surface area contributed by atoms with E-state index < -0.39 is 10.1 Å². The zero-order valence-electron chi connectivity index (χ0n) is 15.2. The van der Waals surface area contributed by atoms with E-state index in [-0.39, 0.29) is 17.0 Å². The first kappa shape index (κ1) is 18.0. The molecule has 6 heteroatoms. The van der Waals surface area contributed by atoms with Crippen molar-refractivity contribution in [1.82, 2.24) is 5.48 Å². The van der Waals surface area contributed by atoms with Gasteiger partial charge in [-0.05, 0) is 30.9 Å². The molecule has 0 spiro atoms. The lowest BCUT2D eigenvalue weighted by molar-refractivity contribution is 0.0969. The average molecular weight is 383 g/mol. The van der Waals surface area contributed by atoms with E-state index in [1.807, 2.05) is 50.2 Å². The predicted molar refractivity (Wildman–Crippen MR) is 104 cm³/mol. The first-order chi connectivity index (χ1) is 13.0. The third-order valence-electron chi connectivity index (χ3n) is 4.88. The zero-order valence-corrected chi connectivity index (χ0v) is 16.0. The van der Waals surface area contributed by atoms with E-state index >= 15 is 0 Å². The van der Waals surface area contributed by atoms with Gasteiger partial charge in [0.25, 0.3) is 0 Å². The molecule has 0 bridgehead atoms. The molecule has 3 aromatic carbocycles. The standard InChI is InChI=1S/C21H21NO4S/c1-3-19-20(22-26-27(23,24)16-11-8-14(2)9-12-16)18-13-10-15-6-4-5-7-17(15)21(18)25-19/h4-13,19-20,22H,3H2,1-2H3. The molecular formula is C21H21NO4S. The summed E-state index contributed by atoms with van der Waals surface area (Å²) in [6.07, 6.45) is 0.508. The predicted octanol–water partition coefficient (Wildman–Crippen LogP) is 4.27. The van der Waals surface area contributed by atoms with E-state index in [2.05, 4.69) is 5.48 Å². The summed E-state index contributed by atoms with van der Waals surface area (Å²) in [5.74, 6) is 0.786. The summed E-state index contributed by atoms with van der Waals surface area (Å²) in [5.41, 5.74) is 4.63. The zero-order chi connectivity index (χ0) is 19.0. The summed E-state index contributed by atoms with van der Waals surface area (Å²) in [5, 5.41) is 2.10. The minimum atomic E-state index is -3.91. The molecule has 1 aliphatic heterocycles. The highest BCUT2D eigenvalue weighted by Crippen LogP contribution is 2.42. The van der Waals surface area contributed by atoms with Crippen LogP contribution in [0.5, 0.6) is 5.75 Å². The monoisotopic (exact) mass is 383 g/mol. The number of rotatable bonds is 5. The summed E-state index contributed by atoms with van der Waals surface area (Å²) in [4.78, 5) is 0.117. The first-order valence-electron chi connectivity index (χ1n) is 8.93. The highest BCUT2D eigenvalue weighted by atomic mass is 32.2. The number of hydrogen-bond acceptors (Lipinski definition) is 5. The average Bonchev–Trinajstić information content (AvgIpc) is 3.05. The Kier molecular flexibility index (Phi) is 4.63. The van der Waals surface area contributed by atoms with Crippen molar-refractivity contribution >= 4 is 20.9 Å². The second-order valence-corrected chi connectivity index (χ2v) is 8.26. The maximum absolute atomic E-state index is 12.5. The van der Waals surface area contributed by atoms with Gasteiger partial charge in [-0.3, -0.25) is 0 Å². The molecule has 0 radical (unpaired) electrons. The fraction of sp³-hybridized carbons (Fsp3) is 0.238. The van der Waals surface area contributed by atoms with Gasteiger partial charge in [0.05, 0.1) is 10.9 Å². The lowest BCUT2D eigenvalue weighted by Crippen LogP contribution is -2.32. The molecule has 4 rings (SSSR count). The minimum absolute atomic E-state index is 0.117. The van der Waals surface area contributed by atoms with Gasteiger partial charge in [-0.1, -0.05) is 61.0 Å². The number of benzene rings is 3. The topological polar surface area (TPSA) is 64.6 Å². The normalized spacial score (nSPS) is 19.0. The number of ether oxygens (including phenoxy) is 1. The van der Waals surface area contributed by atoms with E-state index in [0.717, 1.165) is 27.6 Å². The highest BCUT2D eigenvalue weighted by molar-refractivity contribution is 7.86. The third kappa shape index (κ3) is 3.32. The summed E-state index contributed by atoms with van der Waals surface area (Å²) in [6, 6.07) is 18.1. The van der Waals surface area contributed by atoms with Crippen LogP contribution in [0.15, 0.2) is 65.6 Å². The van der Waals surface area contributed by atoms with E-state index in [4.69, 9.17) is 9.02 Å². The number of hydroxylamine groups is 1. The Morgan fingerprint density at radius 3 is 2.52 bits per heavy atom. The summed E-state index contributed by atoms with van der Waals surface area (Å²) in [7, 11) is -3.91. The maximum atomic E-state index is 12.5. The van der Waals surface area contributed by atoms with Crippen LogP contribution in [0.4, 0.5) is 0 Å². The van der Waals surface area contributed by atoms with Crippen LogP contribution < -0.4 is 10.2 Å². The van der Waals surface area contributed by atoms with Crippen molar-refractivity contribution in [3.8, 4) is 5.75 Å². The van der Waals surface area contributed by atoms with E-state index in [1.165, 1.54) is 12.1 Å². The SMILES string of the molecule is CCC1Oc2c(ccc3ccccc23)C1NOS(=O)(=O)c1ccc(C)cc1. The van der Waals surface area contributed by atoms with Crippen LogP contribution in [0, 0.1) is 6.92 Å². The number of fused-ring (bicyclic) bond motifs is 3. The minimum Gasteiger partial charge on any atom is -0.487 e. The molecule has 0 aliphatic carbocycles. The molecule has 0 aromatic heterocycles. The van der Waals surface area contributed by atoms with Gasteiger partial charge in [-0.25, -0.2) is 0 Å². The second kappa shape index (κ2) is 6.96. The van der Waals surface area contributed by atoms with Crippen molar-refractivity contribution < 1.29 is 17.4 Å². The molecule has 2 unspecified atom stereocenters. The van der Waals surface area contributed by atoms with Gasteiger partial charge >= 0.3 is 10.1 Å². The Morgan fingerprint density at radius 1 is 1.04 bits per heavy atom. The molecule has 0 fully saturated rings. The Morgan fingerprint density at radius 2 is 1.78 bits per heavy atom. The van der Waals surface area contributed by atoms with Gasteiger partial charge in [0.2, 0.25) is 0 Å². The molecule has 1 N–H and O–H groups in total. The lowest BCUT2D eigenvalue weighted by Gasteiger charge is -2.18. The molecule has 0 saturated heterocycles. The summed E-state index contributed by atoms with van der Waals surface area (Å²) in [6.45, 7) is 3.90. The number of nitrogens with one attached hydrogen (secondary N) is 1. The van der Waals surface area contributed by atoms with Crippen LogP contribution >= 0.6 is 0 Å². The van der Waals surface area contributed by atoms with Crippen molar-refractivity contribution in [3.05, 3.63) is 71.8 Å². The quantitative estimate of drug-likeness (QED) is 0.667. The first-order valence-corrected chi connectivity index (χ1v) is 10.3. The molecule has 3 aromatic rings. The lowest BCUT2D eigenvalue weighted by atomic mass is 9.99. The van der Waals surface area contributed by atoms with Crippen molar-refractivity contribution in [3.63, 3.8) is 0 Å². The molecule has 0 amide bonds. The van der Waals surface area contributed by atoms with Gasteiger partial charge in [0.1, 0.15) is 11.9 Å². The van der Waals surface area contributed by atoms with Gasteiger partial charge in [0, 0.05) is 10.9 Å². The van der Waals surface area contributed by atoms with Crippen molar-refractivity contribution in [1.29, 1.82) is 0 Å². The fourth-order valence-electron chi connectivity index (χ4n) is 3.38. The molecular weight excluding hydrogens is 362 g/mol. The van der Waals surface area contributed by atoms with E-state index in [9.17, 15) is 8.42 Å². The van der Waals surface area contributed by atoms with Crippen LogP contribution in [-0.4, -0.2) is 14.5 Å². The summed E-state index contributed by atoms with van der Waals surface area (Å²) >= 11 is 0. The van der Waals surface area contributed by atoms with Gasteiger partial charge in [0.15, 0.2) is 0 Å². The Balaban J connectivity index is 1.62. The Hall–Kier alpha value is -2.41. The highest BCUT2D eigenvalue weighted by Gasteiger charge is 2.35. The number of hydrogen-bond donors (Lipinski definition) is 1. The van der Waals surface area contributed by atoms with Crippen LogP contribution in [0.1, 0.15) is 30.5 Å². The second-order valence-electron chi connectivity index (χ2n) is 6.72. The molecule has 5 nitrogen and oxygen atoms in total. The van der Waals surface area contributed by atoms with Gasteiger partial charge in [-0.2, -0.15) is 18.2 Å². The Bertz CT molecular complexity index is 1080. The maximum Gasteiger partial charge on any atom is 0.312 e. The van der Waals surface area contributed by atoms with E-state index in [0.29, 0.717) is 6.42 Å². The van der Waals surface area contributed by atoms with Crippen molar-refractivity contribution in [2.75, 3.05) is 0 Å². The van der Waals surface area contributed by atoms with E-state index in [1.54, 1.807) is 12.1 Å². The summed E-state index contributed by atoms with van der Waals surface area (Å²) < 4.78 is 36.3. The van der Waals surface area contributed by atoms with Crippen LogP contribution in [0.3, 0.4) is 0 Å². The van der Waals surface area contributed by atoms with Gasteiger partial charge in [-0.15, -0.1) is 0 Å². The molecule has 1 aliphatic rings. The fourth-order valence-corrected chi connectivity index (χ4v) is 4.18. The molecule has 2 atom stereocenters. The van der Waals surface area contributed by atoms with Crippen LogP contribution in [0.25, 0.3) is 10.8 Å². The van der Waals surface area contributed by atoms with Crippen LogP contribution in [0.2, 0.25) is 0 Å². The van der Waals surface area contributed by atoms with Crippen molar-refractivity contribution in [2.45, 2.75) is 37.3 Å². The molecule has 0 saturated carbocycles. The largest absolute Gasteiger partial charge is 0.487 e. The van der Waals surface area contributed by atoms with Gasteiger partial charge < -0.3 is 4.74 Å².